The minimum Gasteiger partial charge on any atom is -0.294 e. The van der Waals surface area contributed by atoms with Crippen LogP contribution in [-0.4, -0.2) is 40.8 Å². The van der Waals surface area contributed by atoms with E-state index in [2.05, 4.69) is 13.2 Å². The quantitative estimate of drug-likeness (QED) is 0.340. The summed E-state index contributed by atoms with van der Waals surface area (Å²) in [6.07, 6.45) is 3.54. The summed E-state index contributed by atoms with van der Waals surface area (Å²) < 4.78 is 13.6. The summed E-state index contributed by atoms with van der Waals surface area (Å²) in [5.74, 6) is -1.05. The van der Waals surface area contributed by atoms with E-state index in [1.807, 2.05) is 29.2 Å². The van der Waals surface area contributed by atoms with Crippen molar-refractivity contribution in [2.45, 2.75) is 0 Å². The molecule has 1 saturated heterocycles. The molecule has 2 amide bonds. The van der Waals surface area contributed by atoms with Crippen molar-refractivity contribution in [3.63, 3.8) is 0 Å². The first-order chi connectivity index (χ1) is 15.5. The van der Waals surface area contributed by atoms with Gasteiger partial charge in [0.2, 0.25) is 0 Å². The lowest BCUT2D eigenvalue weighted by atomic mass is 10.1. The third-order valence-electron chi connectivity index (χ3n) is 5.12. The van der Waals surface area contributed by atoms with Gasteiger partial charge in [-0.05, 0) is 30.3 Å². The molecule has 2 aromatic rings. The minimum atomic E-state index is -0.406. The van der Waals surface area contributed by atoms with Crippen LogP contribution in [0, 0.1) is 5.82 Å². The van der Waals surface area contributed by atoms with Gasteiger partial charge in [0.05, 0.1) is 28.5 Å². The normalized spacial score (nSPS) is 18.0. The van der Waals surface area contributed by atoms with Gasteiger partial charge in [0.25, 0.3) is 11.8 Å². The molecule has 0 atom stereocenters. The summed E-state index contributed by atoms with van der Waals surface area (Å²) in [6.45, 7) is 9.05. The number of rotatable bonds is 7. The first-order valence-electron chi connectivity index (χ1n) is 9.87. The van der Waals surface area contributed by atoms with Crippen LogP contribution in [0.3, 0.4) is 0 Å². The van der Waals surface area contributed by atoms with E-state index in [0.29, 0.717) is 40.9 Å². The Kier molecular flexibility index (Phi) is 6.36. The lowest BCUT2D eigenvalue weighted by Crippen LogP contribution is -2.40. The molecule has 0 saturated carbocycles. The van der Waals surface area contributed by atoms with Crippen LogP contribution in [-0.2, 0) is 9.59 Å². The molecular formula is C24H20FN3O2S2. The molecule has 162 valence electrons. The zero-order valence-electron chi connectivity index (χ0n) is 17.2. The maximum Gasteiger partial charge on any atom is 0.271 e. The van der Waals surface area contributed by atoms with Gasteiger partial charge >= 0.3 is 0 Å². The van der Waals surface area contributed by atoms with E-state index in [0.717, 1.165) is 17.4 Å². The van der Waals surface area contributed by atoms with E-state index in [1.165, 1.54) is 29.2 Å². The van der Waals surface area contributed by atoms with Crippen molar-refractivity contribution in [1.29, 1.82) is 0 Å². The molecule has 0 aromatic heterocycles. The minimum absolute atomic E-state index is 0.260. The van der Waals surface area contributed by atoms with Crippen molar-refractivity contribution in [3.05, 3.63) is 90.1 Å². The average molecular weight is 466 g/mol. The molecule has 8 heteroatoms. The maximum absolute atomic E-state index is 13.5. The lowest BCUT2D eigenvalue weighted by molar-refractivity contribution is -0.115. The van der Waals surface area contributed by atoms with Crippen LogP contribution in [0.4, 0.5) is 15.8 Å². The fourth-order valence-electron chi connectivity index (χ4n) is 3.73. The second-order valence-electron chi connectivity index (χ2n) is 7.19. The molecule has 5 nitrogen and oxygen atoms in total. The van der Waals surface area contributed by atoms with Gasteiger partial charge in [0.15, 0.2) is 4.32 Å². The van der Waals surface area contributed by atoms with Crippen LogP contribution in [0.5, 0.6) is 0 Å². The Hall–Kier alpha value is -3.07. The molecule has 0 radical (unpaired) electrons. The van der Waals surface area contributed by atoms with Gasteiger partial charge in [-0.1, -0.05) is 54.3 Å². The summed E-state index contributed by atoms with van der Waals surface area (Å²) in [7, 11) is 0. The van der Waals surface area contributed by atoms with E-state index in [-0.39, 0.29) is 16.7 Å². The van der Waals surface area contributed by atoms with E-state index < -0.39 is 5.82 Å². The summed E-state index contributed by atoms with van der Waals surface area (Å²) in [4.78, 5) is 32.2. The van der Waals surface area contributed by atoms with Crippen LogP contribution >= 0.6 is 24.0 Å². The summed E-state index contributed by atoms with van der Waals surface area (Å²) >= 11 is 6.52. The highest BCUT2D eigenvalue weighted by molar-refractivity contribution is 8.27. The molecular weight excluding hydrogens is 445 g/mol. The van der Waals surface area contributed by atoms with Crippen LogP contribution in [0.1, 0.15) is 5.56 Å². The fraction of sp³-hybridized carbons (Fsp3) is 0.125. The molecule has 0 aliphatic carbocycles. The molecule has 2 aromatic carbocycles. The van der Waals surface area contributed by atoms with E-state index in [9.17, 15) is 14.0 Å². The van der Waals surface area contributed by atoms with Crippen LogP contribution in [0.15, 0.2) is 78.7 Å². The van der Waals surface area contributed by atoms with Crippen LogP contribution < -0.4 is 9.80 Å². The smallest absolute Gasteiger partial charge is 0.271 e. The number of para-hydroxylation sites is 1. The molecule has 4 rings (SSSR count). The predicted molar refractivity (Wildman–Crippen MR) is 132 cm³/mol. The van der Waals surface area contributed by atoms with Crippen molar-refractivity contribution in [2.24, 2.45) is 0 Å². The number of carbonyl (C=O) groups is 2. The Labute approximate surface area is 195 Å². The largest absolute Gasteiger partial charge is 0.294 e. The Bertz CT molecular complexity index is 1150. The monoisotopic (exact) mass is 465 g/mol. The van der Waals surface area contributed by atoms with E-state index in [1.54, 1.807) is 17.1 Å². The molecule has 2 heterocycles. The van der Waals surface area contributed by atoms with Gasteiger partial charge in [-0.2, -0.15) is 0 Å². The van der Waals surface area contributed by atoms with Gasteiger partial charge in [-0.25, -0.2) is 4.39 Å². The highest BCUT2D eigenvalue weighted by Gasteiger charge is 2.42. The van der Waals surface area contributed by atoms with Gasteiger partial charge in [0, 0.05) is 18.7 Å². The zero-order valence-corrected chi connectivity index (χ0v) is 18.8. The zero-order chi connectivity index (χ0) is 22.8. The first-order valence-corrected chi connectivity index (χ1v) is 11.1. The number of thiocarbonyl (C=S) groups is 1. The summed E-state index contributed by atoms with van der Waals surface area (Å²) in [5.41, 5.74) is 2.22. The third-order valence-corrected chi connectivity index (χ3v) is 6.49. The van der Waals surface area contributed by atoms with E-state index in [4.69, 9.17) is 12.2 Å². The van der Waals surface area contributed by atoms with Crippen molar-refractivity contribution in [1.82, 2.24) is 4.90 Å². The maximum atomic E-state index is 13.5. The first kappa shape index (κ1) is 22.1. The molecule has 0 unspecified atom stereocenters. The third kappa shape index (κ3) is 3.92. The van der Waals surface area contributed by atoms with Crippen molar-refractivity contribution in [2.75, 3.05) is 29.6 Å². The van der Waals surface area contributed by atoms with Crippen LogP contribution in [0.2, 0.25) is 0 Å². The molecule has 2 aliphatic heterocycles. The van der Waals surface area contributed by atoms with Gasteiger partial charge < -0.3 is 0 Å². The Morgan fingerprint density at radius 1 is 1.00 bits per heavy atom. The standard InChI is InChI=1S/C24H20FN3O2S2/c1-3-13-26(14-4-2)15-27-19-8-6-5-7-18(19)20(22(27)29)21-23(30)28(24(31)32-21)17-11-9-16(25)10-12-17/h3-12H,1-2,13-15H2. The highest BCUT2D eigenvalue weighted by Crippen LogP contribution is 2.45. The van der Waals surface area contributed by atoms with E-state index >= 15 is 0 Å². The SMILES string of the molecule is C=CCN(CC=C)CN1C(=O)C(=C2SC(=S)N(c3ccc(F)cc3)C2=O)c2ccccc21. The molecule has 0 bridgehead atoms. The number of thioether (sulfide) groups is 1. The highest BCUT2D eigenvalue weighted by atomic mass is 32.2. The Balaban J connectivity index is 1.74. The predicted octanol–water partition coefficient (Wildman–Crippen LogP) is 4.58. The fourth-order valence-corrected chi connectivity index (χ4v) is 5.10. The van der Waals surface area contributed by atoms with Gasteiger partial charge in [-0.15, -0.1) is 13.2 Å². The number of benzene rings is 2. The Morgan fingerprint density at radius 3 is 2.31 bits per heavy atom. The summed E-state index contributed by atoms with van der Waals surface area (Å²) in [6, 6.07) is 12.9. The molecule has 2 aliphatic rings. The number of amides is 2. The lowest BCUT2D eigenvalue weighted by Gasteiger charge is -2.26. The average Bonchev–Trinajstić information content (AvgIpc) is 3.22. The number of carbonyl (C=O) groups excluding carboxylic acids is 2. The molecule has 0 spiro atoms. The van der Waals surface area contributed by atoms with Crippen molar-refractivity contribution in [3.8, 4) is 0 Å². The number of hydrogen-bond donors (Lipinski definition) is 0. The summed E-state index contributed by atoms with van der Waals surface area (Å²) in [5, 5.41) is 0. The number of nitrogens with zero attached hydrogens (tertiary/aromatic N) is 3. The number of fused-ring (bicyclic) bond motifs is 1. The van der Waals surface area contributed by atoms with Crippen molar-refractivity contribution < 1.29 is 14.0 Å². The Morgan fingerprint density at radius 2 is 1.66 bits per heavy atom. The van der Waals surface area contributed by atoms with Gasteiger partial charge in [0.1, 0.15) is 5.82 Å². The van der Waals surface area contributed by atoms with Crippen molar-refractivity contribution >= 4 is 57.1 Å². The number of anilines is 2. The second kappa shape index (κ2) is 9.20. The van der Waals surface area contributed by atoms with Gasteiger partial charge in [-0.3, -0.25) is 24.3 Å². The van der Waals surface area contributed by atoms with Crippen LogP contribution in [0.25, 0.3) is 5.57 Å². The molecule has 32 heavy (non-hydrogen) atoms. The molecule has 1 fully saturated rings. The number of hydrogen-bond acceptors (Lipinski definition) is 5. The topological polar surface area (TPSA) is 43.9 Å². The molecule has 0 N–H and O–H groups in total. The second-order valence-corrected chi connectivity index (χ2v) is 8.84. The number of halogens is 1.